The standard InChI is InChI=1S/C26H25N3O4/c1-32-21-8-10-29(15-21)26(31)19-4-2-3-17(11-19)13-28-25(30)18-5-6-23-22-7-9-27-14-20(22)16-33-24(23)12-18/h2-7,9,11-12,14,21H,8,10,13,15-16H2,1H3,(H,28,30). The van der Waals surface area contributed by atoms with Crippen molar-refractivity contribution in [2.45, 2.75) is 25.7 Å². The number of aromatic nitrogens is 1. The molecule has 33 heavy (non-hydrogen) atoms. The number of nitrogens with zero attached hydrogens (tertiary/aromatic N) is 2. The average Bonchev–Trinajstić information content (AvgIpc) is 3.36. The Balaban J connectivity index is 1.25. The summed E-state index contributed by atoms with van der Waals surface area (Å²) in [5, 5.41) is 2.94. The van der Waals surface area contributed by atoms with Crippen LogP contribution in [0.1, 0.15) is 38.3 Å². The summed E-state index contributed by atoms with van der Waals surface area (Å²) < 4.78 is 11.2. The van der Waals surface area contributed by atoms with Gasteiger partial charge in [-0.1, -0.05) is 12.1 Å². The van der Waals surface area contributed by atoms with Crippen LogP contribution in [0, 0.1) is 0 Å². The Bertz CT molecular complexity index is 1210. The molecule has 2 amide bonds. The van der Waals surface area contributed by atoms with Gasteiger partial charge in [-0.25, -0.2) is 0 Å². The van der Waals surface area contributed by atoms with Crippen molar-refractivity contribution in [3.8, 4) is 16.9 Å². The van der Waals surface area contributed by atoms with Crippen molar-refractivity contribution in [1.82, 2.24) is 15.2 Å². The Morgan fingerprint density at radius 3 is 2.91 bits per heavy atom. The number of nitrogens with one attached hydrogen (secondary N) is 1. The third-order valence-electron chi connectivity index (χ3n) is 6.21. The Hall–Kier alpha value is -3.71. The highest BCUT2D eigenvalue weighted by Gasteiger charge is 2.26. The summed E-state index contributed by atoms with van der Waals surface area (Å²) in [6.07, 6.45) is 4.51. The molecule has 2 aromatic carbocycles. The molecule has 1 N–H and O–H groups in total. The first-order valence-corrected chi connectivity index (χ1v) is 11.0. The summed E-state index contributed by atoms with van der Waals surface area (Å²) in [5.41, 5.74) is 5.08. The van der Waals surface area contributed by atoms with Gasteiger partial charge in [0.05, 0.1) is 6.10 Å². The van der Waals surface area contributed by atoms with Gasteiger partial charge >= 0.3 is 0 Å². The highest BCUT2D eigenvalue weighted by atomic mass is 16.5. The van der Waals surface area contributed by atoms with E-state index in [-0.39, 0.29) is 17.9 Å². The lowest BCUT2D eigenvalue weighted by molar-refractivity contribution is 0.0724. The largest absolute Gasteiger partial charge is 0.488 e. The summed E-state index contributed by atoms with van der Waals surface area (Å²) in [7, 11) is 1.67. The maximum atomic E-state index is 12.8. The van der Waals surface area contributed by atoms with Crippen molar-refractivity contribution < 1.29 is 19.1 Å². The maximum Gasteiger partial charge on any atom is 0.253 e. The lowest BCUT2D eigenvalue weighted by Gasteiger charge is -2.20. The van der Waals surface area contributed by atoms with Crippen LogP contribution in [-0.4, -0.2) is 48.0 Å². The molecule has 2 aliphatic heterocycles. The number of hydrogen-bond acceptors (Lipinski definition) is 5. The zero-order valence-electron chi connectivity index (χ0n) is 18.4. The van der Waals surface area contributed by atoms with E-state index in [0.29, 0.717) is 43.1 Å². The summed E-state index contributed by atoms with van der Waals surface area (Å²) in [5.74, 6) is 0.486. The molecule has 0 saturated carbocycles. The van der Waals surface area contributed by atoms with E-state index >= 15 is 0 Å². The van der Waals surface area contributed by atoms with Crippen LogP contribution in [0.3, 0.4) is 0 Å². The molecule has 1 atom stereocenters. The predicted octanol–water partition coefficient (Wildman–Crippen LogP) is 3.43. The number of carbonyl (C=O) groups is 2. The van der Waals surface area contributed by atoms with Crippen LogP contribution < -0.4 is 10.1 Å². The van der Waals surface area contributed by atoms with Crippen LogP contribution >= 0.6 is 0 Å². The highest BCUT2D eigenvalue weighted by molar-refractivity contribution is 5.96. The van der Waals surface area contributed by atoms with Crippen LogP contribution in [0.2, 0.25) is 0 Å². The Kier molecular flexibility index (Phi) is 5.79. The zero-order chi connectivity index (χ0) is 22.8. The van der Waals surface area contributed by atoms with Crippen LogP contribution in [0.5, 0.6) is 5.75 Å². The van der Waals surface area contributed by atoms with E-state index in [1.807, 2.05) is 41.3 Å². The van der Waals surface area contributed by atoms with Gasteiger partial charge in [0, 0.05) is 61.4 Å². The van der Waals surface area contributed by atoms with Gasteiger partial charge in [0.1, 0.15) is 12.4 Å². The van der Waals surface area contributed by atoms with Gasteiger partial charge in [-0.3, -0.25) is 14.6 Å². The molecule has 0 spiro atoms. The maximum absolute atomic E-state index is 12.8. The molecule has 7 heteroatoms. The van der Waals surface area contributed by atoms with E-state index in [1.165, 1.54) is 0 Å². The van der Waals surface area contributed by atoms with E-state index in [4.69, 9.17) is 9.47 Å². The highest BCUT2D eigenvalue weighted by Crippen LogP contribution is 2.37. The number of hydrogen-bond donors (Lipinski definition) is 1. The third kappa shape index (κ3) is 4.32. The fraction of sp³-hybridized carbons (Fsp3) is 0.269. The monoisotopic (exact) mass is 443 g/mol. The lowest BCUT2D eigenvalue weighted by Crippen LogP contribution is -2.30. The van der Waals surface area contributed by atoms with Gasteiger partial charge < -0.3 is 19.7 Å². The lowest BCUT2D eigenvalue weighted by atomic mass is 9.97. The number of likely N-dealkylation sites (tertiary alicyclic amines) is 1. The molecule has 1 unspecified atom stereocenters. The minimum Gasteiger partial charge on any atom is -0.488 e. The molecule has 1 aromatic heterocycles. The molecule has 1 fully saturated rings. The van der Waals surface area contributed by atoms with E-state index in [2.05, 4.69) is 10.3 Å². The van der Waals surface area contributed by atoms with Gasteiger partial charge in [0.15, 0.2) is 0 Å². The average molecular weight is 444 g/mol. The number of rotatable bonds is 5. The van der Waals surface area contributed by atoms with Crippen molar-refractivity contribution in [2.75, 3.05) is 20.2 Å². The molecule has 1 saturated heterocycles. The van der Waals surface area contributed by atoms with Crippen molar-refractivity contribution in [2.24, 2.45) is 0 Å². The zero-order valence-corrected chi connectivity index (χ0v) is 18.4. The Morgan fingerprint density at radius 2 is 2.06 bits per heavy atom. The molecule has 3 aromatic rings. The summed E-state index contributed by atoms with van der Waals surface area (Å²) in [6.45, 7) is 2.06. The second kappa shape index (κ2) is 9.03. The Labute approximate surface area is 192 Å². The number of ether oxygens (including phenoxy) is 2. The van der Waals surface area contributed by atoms with Gasteiger partial charge in [-0.05, 0) is 53.9 Å². The van der Waals surface area contributed by atoms with E-state index in [0.717, 1.165) is 28.7 Å². The van der Waals surface area contributed by atoms with E-state index in [9.17, 15) is 9.59 Å². The van der Waals surface area contributed by atoms with E-state index in [1.54, 1.807) is 31.6 Å². The van der Waals surface area contributed by atoms with Gasteiger partial charge in [0.25, 0.3) is 11.8 Å². The van der Waals surface area contributed by atoms with Crippen LogP contribution in [0.25, 0.3) is 11.1 Å². The predicted molar refractivity (Wildman–Crippen MR) is 123 cm³/mol. The van der Waals surface area contributed by atoms with Gasteiger partial charge in [-0.2, -0.15) is 0 Å². The molecule has 0 aliphatic carbocycles. The smallest absolute Gasteiger partial charge is 0.253 e. The SMILES string of the molecule is COC1CCN(C(=O)c2cccc(CNC(=O)c3ccc4c(c3)OCc3cnccc3-4)c2)C1. The minimum absolute atomic E-state index is 0.00922. The molecular formula is C26H25N3O4. The fourth-order valence-corrected chi connectivity index (χ4v) is 4.35. The van der Waals surface area contributed by atoms with Crippen LogP contribution in [0.4, 0.5) is 0 Å². The molecular weight excluding hydrogens is 418 g/mol. The van der Waals surface area contributed by atoms with E-state index < -0.39 is 0 Å². The van der Waals surface area contributed by atoms with Crippen LogP contribution in [0.15, 0.2) is 60.9 Å². The van der Waals surface area contributed by atoms with Crippen molar-refractivity contribution in [3.63, 3.8) is 0 Å². The number of pyridine rings is 1. The Morgan fingerprint density at radius 1 is 1.15 bits per heavy atom. The first-order valence-electron chi connectivity index (χ1n) is 11.0. The molecule has 2 aliphatic rings. The third-order valence-corrected chi connectivity index (χ3v) is 6.21. The molecule has 0 bridgehead atoms. The number of methoxy groups -OCH3 is 1. The number of fused-ring (bicyclic) bond motifs is 3. The van der Waals surface area contributed by atoms with Crippen LogP contribution in [-0.2, 0) is 17.9 Å². The fourth-order valence-electron chi connectivity index (χ4n) is 4.35. The molecule has 168 valence electrons. The van der Waals surface area contributed by atoms with Crippen molar-refractivity contribution in [1.29, 1.82) is 0 Å². The second-order valence-electron chi connectivity index (χ2n) is 8.31. The summed E-state index contributed by atoms with van der Waals surface area (Å²) >= 11 is 0. The van der Waals surface area contributed by atoms with Gasteiger partial charge in [-0.15, -0.1) is 0 Å². The van der Waals surface area contributed by atoms with Crippen molar-refractivity contribution >= 4 is 11.8 Å². The molecule has 5 rings (SSSR count). The summed E-state index contributed by atoms with van der Waals surface area (Å²) in [4.78, 5) is 31.5. The number of carbonyl (C=O) groups excluding carboxylic acids is 2. The topological polar surface area (TPSA) is 80.8 Å². The molecule has 3 heterocycles. The van der Waals surface area contributed by atoms with Gasteiger partial charge in [0.2, 0.25) is 0 Å². The molecule has 7 nitrogen and oxygen atoms in total. The number of benzene rings is 2. The molecule has 0 radical (unpaired) electrons. The first kappa shape index (κ1) is 21.2. The second-order valence-corrected chi connectivity index (χ2v) is 8.31. The first-order chi connectivity index (χ1) is 16.1. The summed E-state index contributed by atoms with van der Waals surface area (Å²) in [6, 6.07) is 14.8. The van der Waals surface area contributed by atoms with Crippen molar-refractivity contribution in [3.05, 3.63) is 83.2 Å². The normalized spacial score (nSPS) is 16.5. The number of amides is 2. The minimum atomic E-state index is -0.193. The quantitative estimate of drug-likeness (QED) is 0.654.